The fourth-order valence-corrected chi connectivity index (χ4v) is 4.80. The summed E-state index contributed by atoms with van der Waals surface area (Å²) in [5.74, 6) is 0. The minimum Gasteiger partial charge on any atom is -0.229 e. The Morgan fingerprint density at radius 2 is 1.85 bits per heavy atom. The van der Waals surface area contributed by atoms with Crippen LogP contribution in [0, 0.1) is 13.8 Å². The molecule has 2 aromatic rings. The quantitative estimate of drug-likeness (QED) is 0.934. The molecule has 1 atom stereocenters. The summed E-state index contributed by atoms with van der Waals surface area (Å²) in [6.45, 7) is 5.43. The first-order valence-corrected chi connectivity index (χ1v) is 8.69. The summed E-state index contributed by atoms with van der Waals surface area (Å²) in [5.41, 5.74) is 2.46. The number of halogens is 1. The molecule has 0 aliphatic carbocycles. The van der Waals surface area contributed by atoms with E-state index in [9.17, 15) is 8.42 Å². The van der Waals surface area contributed by atoms with Crippen molar-refractivity contribution in [3.63, 3.8) is 0 Å². The van der Waals surface area contributed by atoms with Crippen molar-refractivity contribution in [2.75, 3.05) is 0 Å². The Kier molecular flexibility index (Phi) is 4.49. The minimum atomic E-state index is -3.61. The summed E-state index contributed by atoms with van der Waals surface area (Å²) in [6.07, 6.45) is 0. The average molecular weight is 331 g/mol. The van der Waals surface area contributed by atoms with E-state index in [2.05, 4.69) is 9.71 Å². The van der Waals surface area contributed by atoms with Gasteiger partial charge in [0.05, 0.1) is 5.69 Å². The molecule has 0 saturated carbocycles. The van der Waals surface area contributed by atoms with Gasteiger partial charge in [0, 0.05) is 6.04 Å². The van der Waals surface area contributed by atoms with Crippen molar-refractivity contribution in [2.24, 2.45) is 0 Å². The first-order valence-electron chi connectivity index (χ1n) is 6.01. The van der Waals surface area contributed by atoms with Gasteiger partial charge in [0.1, 0.15) is 0 Å². The third-order valence-electron chi connectivity index (χ3n) is 2.88. The second-order valence-corrected chi connectivity index (χ2v) is 8.08. The Bertz CT molecular complexity index is 708. The van der Waals surface area contributed by atoms with E-state index in [0.717, 1.165) is 22.5 Å². The van der Waals surface area contributed by atoms with E-state index in [1.165, 1.54) is 0 Å². The number of aryl methyl sites for hydroxylation is 2. The number of hydrogen-bond acceptors (Lipinski definition) is 4. The summed E-state index contributed by atoms with van der Waals surface area (Å²) in [6, 6.07) is 7.41. The topological polar surface area (TPSA) is 59.1 Å². The zero-order valence-electron chi connectivity index (χ0n) is 11.3. The predicted molar refractivity (Wildman–Crippen MR) is 81.8 cm³/mol. The Labute approximate surface area is 127 Å². The molecular formula is C13H15ClN2O2S2. The molecule has 4 nitrogen and oxygen atoms in total. The van der Waals surface area contributed by atoms with Crippen LogP contribution >= 0.6 is 22.9 Å². The van der Waals surface area contributed by atoms with Gasteiger partial charge in [0.2, 0.25) is 0 Å². The molecule has 2 rings (SSSR count). The molecule has 7 heteroatoms. The van der Waals surface area contributed by atoms with E-state index in [-0.39, 0.29) is 14.7 Å². The maximum Gasteiger partial charge on any atom is 0.252 e. The van der Waals surface area contributed by atoms with Gasteiger partial charge in [-0.3, -0.25) is 0 Å². The van der Waals surface area contributed by atoms with Crippen LogP contribution in [-0.4, -0.2) is 13.4 Å². The van der Waals surface area contributed by atoms with Gasteiger partial charge in [0.15, 0.2) is 8.68 Å². The normalized spacial score (nSPS) is 13.4. The number of hydrogen-bond donors (Lipinski definition) is 1. The van der Waals surface area contributed by atoms with Crippen LogP contribution in [-0.2, 0) is 10.0 Å². The molecule has 108 valence electrons. The SMILES string of the molecule is Cc1ccc(C(C)NS(=O)(=O)c2sc(Cl)nc2C)cc1. The van der Waals surface area contributed by atoms with Gasteiger partial charge in [-0.05, 0) is 26.3 Å². The summed E-state index contributed by atoms with van der Waals surface area (Å²) in [7, 11) is -3.61. The molecule has 1 heterocycles. The number of thiazole rings is 1. The Morgan fingerprint density at radius 3 is 2.35 bits per heavy atom. The van der Waals surface area contributed by atoms with Gasteiger partial charge in [0.25, 0.3) is 10.0 Å². The molecule has 1 aromatic heterocycles. The van der Waals surface area contributed by atoms with Gasteiger partial charge in [-0.2, -0.15) is 0 Å². The zero-order valence-corrected chi connectivity index (χ0v) is 13.7. The van der Waals surface area contributed by atoms with E-state index in [1.807, 2.05) is 31.2 Å². The third-order valence-corrected chi connectivity index (χ3v) is 6.29. The second kappa shape index (κ2) is 5.81. The molecule has 1 N–H and O–H groups in total. The maximum atomic E-state index is 12.3. The number of aromatic nitrogens is 1. The monoisotopic (exact) mass is 330 g/mol. The first-order chi connectivity index (χ1) is 9.29. The fourth-order valence-electron chi connectivity index (χ4n) is 1.81. The maximum absolute atomic E-state index is 12.3. The molecule has 20 heavy (non-hydrogen) atoms. The lowest BCUT2D eigenvalue weighted by atomic mass is 10.1. The van der Waals surface area contributed by atoms with Crippen LogP contribution in [0.4, 0.5) is 0 Å². The highest BCUT2D eigenvalue weighted by Crippen LogP contribution is 2.28. The zero-order chi connectivity index (χ0) is 14.9. The lowest BCUT2D eigenvalue weighted by Gasteiger charge is -2.14. The number of sulfonamides is 1. The van der Waals surface area contributed by atoms with Gasteiger partial charge in [-0.25, -0.2) is 18.1 Å². The molecule has 0 amide bonds. The number of benzene rings is 1. The molecule has 0 radical (unpaired) electrons. The van der Waals surface area contributed by atoms with Crippen molar-refractivity contribution in [1.82, 2.24) is 9.71 Å². The Morgan fingerprint density at radius 1 is 1.25 bits per heavy atom. The van der Waals surface area contributed by atoms with Crippen LogP contribution in [0.25, 0.3) is 0 Å². The molecule has 1 aromatic carbocycles. The van der Waals surface area contributed by atoms with Gasteiger partial charge < -0.3 is 0 Å². The summed E-state index contributed by atoms with van der Waals surface area (Å²) >= 11 is 6.72. The summed E-state index contributed by atoms with van der Waals surface area (Å²) in [4.78, 5) is 3.93. The number of nitrogens with one attached hydrogen (secondary N) is 1. The van der Waals surface area contributed by atoms with Crippen molar-refractivity contribution in [3.8, 4) is 0 Å². The van der Waals surface area contributed by atoms with Crippen LogP contribution in [0.1, 0.15) is 29.8 Å². The Hall–Kier alpha value is -0.950. The molecule has 0 spiro atoms. The predicted octanol–water partition coefficient (Wildman–Crippen LogP) is 3.45. The van der Waals surface area contributed by atoms with Crippen LogP contribution in [0.2, 0.25) is 4.47 Å². The lowest BCUT2D eigenvalue weighted by molar-refractivity contribution is 0.568. The van der Waals surface area contributed by atoms with Crippen LogP contribution in [0.3, 0.4) is 0 Å². The third kappa shape index (κ3) is 3.38. The van der Waals surface area contributed by atoms with Gasteiger partial charge >= 0.3 is 0 Å². The number of nitrogens with zero attached hydrogens (tertiary/aromatic N) is 1. The molecular weight excluding hydrogens is 316 g/mol. The van der Waals surface area contributed by atoms with Gasteiger partial charge in [-0.15, -0.1) is 0 Å². The highest BCUT2D eigenvalue weighted by atomic mass is 35.5. The highest BCUT2D eigenvalue weighted by Gasteiger charge is 2.23. The second-order valence-electron chi connectivity index (χ2n) is 4.59. The average Bonchev–Trinajstić information content (AvgIpc) is 2.69. The smallest absolute Gasteiger partial charge is 0.229 e. The summed E-state index contributed by atoms with van der Waals surface area (Å²) in [5, 5.41) is 0. The molecule has 0 fully saturated rings. The standard InChI is InChI=1S/C13H15ClN2O2S2/c1-8-4-6-11(7-5-8)9(2)16-20(17,18)12-10(3)15-13(14)19-12/h4-7,9,16H,1-3H3. The first kappa shape index (κ1) is 15.4. The van der Waals surface area contributed by atoms with Crippen molar-refractivity contribution < 1.29 is 8.42 Å². The molecule has 1 unspecified atom stereocenters. The molecule has 0 aliphatic heterocycles. The van der Waals surface area contributed by atoms with Crippen molar-refractivity contribution in [1.29, 1.82) is 0 Å². The van der Waals surface area contributed by atoms with Crippen LogP contribution < -0.4 is 4.72 Å². The molecule has 0 aliphatic rings. The van der Waals surface area contributed by atoms with Crippen molar-refractivity contribution in [3.05, 3.63) is 45.6 Å². The van der Waals surface area contributed by atoms with E-state index in [1.54, 1.807) is 13.8 Å². The number of rotatable bonds is 4. The molecule has 0 bridgehead atoms. The van der Waals surface area contributed by atoms with Crippen molar-refractivity contribution >= 4 is 33.0 Å². The van der Waals surface area contributed by atoms with Crippen molar-refractivity contribution in [2.45, 2.75) is 31.0 Å². The Balaban J connectivity index is 2.24. The highest BCUT2D eigenvalue weighted by molar-refractivity contribution is 7.91. The van der Waals surface area contributed by atoms with E-state index in [0.29, 0.717) is 5.69 Å². The lowest BCUT2D eigenvalue weighted by Crippen LogP contribution is -2.26. The van der Waals surface area contributed by atoms with Crippen LogP contribution in [0.15, 0.2) is 28.5 Å². The van der Waals surface area contributed by atoms with E-state index in [4.69, 9.17) is 11.6 Å². The fraction of sp³-hybridized carbons (Fsp3) is 0.308. The minimum absolute atomic E-state index is 0.168. The van der Waals surface area contributed by atoms with Crippen LogP contribution in [0.5, 0.6) is 0 Å². The van der Waals surface area contributed by atoms with Gasteiger partial charge in [-0.1, -0.05) is 52.8 Å². The molecule has 0 saturated heterocycles. The van der Waals surface area contributed by atoms with E-state index >= 15 is 0 Å². The largest absolute Gasteiger partial charge is 0.252 e. The summed E-state index contributed by atoms with van der Waals surface area (Å²) < 4.78 is 27.7. The van der Waals surface area contributed by atoms with E-state index < -0.39 is 10.0 Å².